The van der Waals surface area contributed by atoms with E-state index in [9.17, 15) is 0 Å². The first-order valence-electron chi connectivity index (χ1n) is 13.5. The zero-order valence-corrected chi connectivity index (χ0v) is 22.7. The van der Waals surface area contributed by atoms with Crippen LogP contribution in [0.2, 0.25) is 0 Å². The van der Waals surface area contributed by atoms with Crippen molar-refractivity contribution in [1.29, 1.82) is 0 Å². The largest absolute Gasteiger partial charge is 0.152 e. The zero-order valence-electron chi connectivity index (χ0n) is 21.0. The summed E-state index contributed by atoms with van der Waals surface area (Å²) >= 11 is 1.71. The second kappa shape index (κ2) is 27.2. The lowest BCUT2D eigenvalue weighted by molar-refractivity contribution is 0.617. The quantitative estimate of drug-likeness (QED) is 0.128. The van der Waals surface area contributed by atoms with Gasteiger partial charge in [-0.1, -0.05) is 129 Å². The first-order chi connectivity index (χ1) is 14.8. The van der Waals surface area contributed by atoms with E-state index in [2.05, 4.69) is 20.8 Å². The summed E-state index contributed by atoms with van der Waals surface area (Å²) in [6, 6.07) is 4.04. The predicted octanol–water partition coefficient (Wildman–Crippen LogP) is 11.3. The lowest BCUT2D eigenvalue weighted by Gasteiger charge is -2.18. The van der Waals surface area contributed by atoms with Gasteiger partial charge in [-0.25, -0.2) is 0 Å². The van der Waals surface area contributed by atoms with Gasteiger partial charge in [-0.15, -0.1) is 7.92 Å². The maximum atomic E-state index is 2.32. The highest BCUT2D eigenvalue weighted by Gasteiger charge is 2.07. The monoisotopic (exact) mass is 454 g/mol. The molecular weight excluding hydrogens is 399 g/mol. The first-order valence-corrected chi connectivity index (χ1v) is 16.4. The van der Waals surface area contributed by atoms with Crippen molar-refractivity contribution in [3.63, 3.8) is 0 Å². The van der Waals surface area contributed by atoms with Crippen LogP contribution in [-0.2, 0) is 0 Å². The Labute approximate surface area is 196 Å². The Bertz CT molecular complexity index is 321. The summed E-state index contributed by atoms with van der Waals surface area (Å²) in [6.07, 6.45) is 31.2. The summed E-state index contributed by atoms with van der Waals surface area (Å²) in [7, 11) is 0.366. The summed E-state index contributed by atoms with van der Waals surface area (Å²) in [5.41, 5.74) is 0. The first kappa shape index (κ1) is 30.1. The lowest BCUT2D eigenvalue weighted by Crippen LogP contribution is -1.97. The van der Waals surface area contributed by atoms with Gasteiger partial charge in [-0.2, -0.15) is 11.3 Å². The van der Waals surface area contributed by atoms with Crippen LogP contribution in [0, 0.1) is 0 Å². The number of unbranched alkanes of at least 4 members (excludes halogenated alkanes) is 15. The third-order valence-corrected chi connectivity index (χ3v) is 9.38. The second-order valence-corrected chi connectivity index (χ2v) is 12.4. The standard InChI is InChI=1S/C24H51P.C4H4S/c1-4-7-10-13-16-19-22-25(23-20-17-14-11-8-5-2)24-21-18-15-12-9-6-3;1-2-4-5-3-1/h4-24H2,1-3H3;1-4H. The summed E-state index contributed by atoms with van der Waals surface area (Å²) in [5.74, 6) is 0. The fourth-order valence-electron chi connectivity index (χ4n) is 3.91. The van der Waals surface area contributed by atoms with Crippen molar-refractivity contribution >= 4 is 19.3 Å². The Hall–Kier alpha value is 0.130. The molecule has 0 spiro atoms. The predicted molar refractivity (Wildman–Crippen MR) is 146 cm³/mol. The van der Waals surface area contributed by atoms with E-state index in [4.69, 9.17) is 0 Å². The molecule has 0 atom stereocenters. The number of rotatable bonds is 21. The molecule has 0 radical (unpaired) electrons. The molecule has 0 aliphatic heterocycles. The van der Waals surface area contributed by atoms with E-state index >= 15 is 0 Å². The Morgan fingerprint density at radius 1 is 0.433 bits per heavy atom. The molecule has 178 valence electrons. The maximum absolute atomic E-state index is 2.32. The van der Waals surface area contributed by atoms with Crippen LogP contribution in [0.3, 0.4) is 0 Å². The molecule has 1 rings (SSSR count). The molecule has 1 heterocycles. The van der Waals surface area contributed by atoms with Crippen LogP contribution in [0.15, 0.2) is 22.9 Å². The molecule has 1 aromatic rings. The lowest BCUT2D eigenvalue weighted by atomic mass is 10.1. The maximum Gasteiger partial charge on any atom is -0.00934 e. The molecule has 0 aromatic carbocycles. The Kier molecular flexibility index (Phi) is 27.3. The molecule has 0 saturated carbocycles. The van der Waals surface area contributed by atoms with Crippen molar-refractivity contribution in [3.8, 4) is 0 Å². The third kappa shape index (κ3) is 24.4. The normalized spacial score (nSPS) is 10.9. The smallest absolute Gasteiger partial charge is 0.00934 e. The van der Waals surface area contributed by atoms with Crippen molar-refractivity contribution in [2.75, 3.05) is 18.5 Å². The Morgan fingerprint density at radius 3 is 1.00 bits per heavy atom. The molecule has 0 amide bonds. The molecule has 0 bridgehead atoms. The van der Waals surface area contributed by atoms with Crippen LogP contribution in [0.1, 0.15) is 136 Å². The average molecular weight is 455 g/mol. The van der Waals surface area contributed by atoms with Crippen molar-refractivity contribution in [3.05, 3.63) is 22.9 Å². The SMILES string of the molecule is CCCCCCCCP(CCCCCCCC)CCCCCCCC.c1ccsc1. The molecule has 1 aromatic heterocycles. The van der Waals surface area contributed by atoms with Gasteiger partial charge in [0.05, 0.1) is 0 Å². The van der Waals surface area contributed by atoms with Crippen molar-refractivity contribution in [2.45, 2.75) is 136 Å². The summed E-state index contributed by atoms with van der Waals surface area (Å²) in [6.45, 7) is 6.96. The van der Waals surface area contributed by atoms with Crippen LogP contribution in [0.5, 0.6) is 0 Å². The highest BCUT2D eigenvalue weighted by molar-refractivity contribution is 7.57. The minimum atomic E-state index is 0.366. The van der Waals surface area contributed by atoms with Gasteiger partial charge in [-0.3, -0.25) is 0 Å². The van der Waals surface area contributed by atoms with Gasteiger partial charge >= 0.3 is 0 Å². The molecule has 0 nitrogen and oxygen atoms in total. The van der Waals surface area contributed by atoms with Gasteiger partial charge in [0, 0.05) is 0 Å². The molecule has 0 aliphatic rings. The molecular formula is C28H55PS. The number of hydrogen-bond acceptors (Lipinski definition) is 1. The average Bonchev–Trinajstić information content (AvgIpc) is 3.35. The van der Waals surface area contributed by atoms with Gasteiger partial charge in [-0.05, 0) is 48.5 Å². The van der Waals surface area contributed by atoms with Gasteiger partial charge in [0.15, 0.2) is 0 Å². The highest BCUT2D eigenvalue weighted by atomic mass is 32.1. The van der Waals surface area contributed by atoms with E-state index in [-0.39, 0.29) is 0 Å². The topological polar surface area (TPSA) is 0 Å². The van der Waals surface area contributed by atoms with Crippen LogP contribution in [0.4, 0.5) is 0 Å². The summed E-state index contributed by atoms with van der Waals surface area (Å²) in [5, 5.41) is 4.08. The Balaban J connectivity index is 0.00000145. The van der Waals surface area contributed by atoms with E-state index in [1.165, 1.54) is 116 Å². The minimum Gasteiger partial charge on any atom is -0.152 e. The minimum absolute atomic E-state index is 0.366. The van der Waals surface area contributed by atoms with Gasteiger partial charge in [0.2, 0.25) is 0 Å². The van der Waals surface area contributed by atoms with E-state index in [1.54, 1.807) is 29.8 Å². The van der Waals surface area contributed by atoms with Gasteiger partial charge in [0.1, 0.15) is 0 Å². The second-order valence-electron chi connectivity index (χ2n) is 8.94. The molecule has 0 saturated heterocycles. The highest BCUT2D eigenvalue weighted by Crippen LogP contribution is 2.39. The molecule has 0 fully saturated rings. The van der Waals surface area contributed by atoms with Crippen LogP contribution >= 0.6 is 19.3 Å². The van der Waals surface area contributed by atoms with E-state index < -0.39 is 0 Å². The molecule has 30 heavy (non-hydrogen) atoms. The van der Waals surface area contributed by atoms with Gasteiger partial charge < -0.3 is 0 Å². The molecule has 0 unspecified atom stereocenters. The van der Waals surface area contributed by atoms with Crippen LogP contribution < -0.4 is 0 Å². The van der Waals surface area contributed by atoms with E-state index in [1.807, 2.05) is 22.9 Å². The Morgan fingerprint density at radius 2 is 0.733 bits per heavy atom. The summed E-state index contributed by atoms with van der Waals surface area (Å²) in [4.78, 5) is 0. The van der Waals surface area contributed by atoms with Crippen LogP contribution in [-0.4, -0.2) is 18.5 Å². The molecule has 2 heteroatoms. The van der Waals surface area contributed by atoms with Crippen molar-refractivity contribution < 1.29 is 0 Å². The number of thiophene rings is 1. The zero-order chi connectivity index (χ0) is 22.0. The fourth-order valence-corrected chi connectivity index (χ4v) is 7.05. The van der Waals surface area contributed by atoms with E-state index in [0.29, 0.717) is 7.92 Å². The third-order valence-electron chi connectivity index (χ3n) is 5.91. The number of hydrogen-bond donors (Lipinski definition) is 0. The molecule has 0 N–H and O–H groups in total. The fraction of sp³-hybridized carbons (Fsp3) is 0.857. The van der Waals surface area contributed by atoms with Crippen molar-refractivity contribution in [2.24, 2.45) is 0 Å². The van der Waals surface area contributed by atoms with Crippen LogP contribution in [0.25, 0.3) is 0 Å². The van der Waals surface area contributed by atoms with Crippen molar-refractivity contribution in [1.82, 2.24) is 0 Å². The van der Waals surface area contributed by atoms with E-state index in [0.717, 1.165) is 0 Å². The van der Waals surface area contributed by atoms with Gasteiger partial charge in [0.25, 0.3) is 0 Å². The summed E-state index contributed by atoms with van der Waals surface area (Å²) < 4.78 is 0. The molecule has 0 aliphatic carbocycles.